The van der Waals surface area contributed by atoms with E-state index in [4.69, 9.17) is 0 Å². The van der Waals surface area contributed by atoms with Crippen LogP contribution in [0.25, 0.3) is 10.3 Å². The molecule has 0 fully saturated rings. The lowest BCUT2D eigenvalue weighted by molar-refractivity contribution is 0.947. The molecule has 0 bridgehead atoms. The van der Waals surface area contributed by atoms with Gasteiger partial charge in [-0.05, 0) is 12.5 Å². The van der Waals surface area contributed by atoms with Gasteiger partial charge in [0, 0.05) is 0 Å². The Morgan fingerprint density at radius 2 is 2.42 bits per heavy atom. The van der Waals surface area contributed by atoms with Crippen molar-refractivity contribution in [3.05, 3.63) is 21.4 Å². The molecule has 0 amide bonds. The number of H-pyrrole nitrogens is 1. The van der Waals surface area contributed by atoms with Crippen molar-refractivity contribution in [3.8, 4) is 0 Å². The Kier molecular flexibility index (Phi) is 1.65. The van der Waals surface area contributed by atoms with Crippen LogP contribution < -0.4 is 4.87 Å². The predicted molar refractivity (Wildman–Crippen MR) is 47.4 cm³/mol. The molecule has 0 aliphatic carbocycles. The second-order valence-corrected chi connectivity index (χ2v) is 3.38. The number of aromatic amines is 1. The maximum Gasteiger partial charge on any atom is 0.307 e. The van der Waals surface area contributed by atoms with Gasteiger partial charge >= 0.3 is 4.87 Å². The third-order valence-corrected chi connectivity index (χ3v) is 2.38. The maximum atomic E-state index is 10.9. The number of nitrogens with zero attached hydrogens (tertiary/aromatic N) is 2. The van der Waals surface area contributed by atoms with E-state index in [1.54, 1.807) is 0 Å². The number of rotatable bonds is 1. The molecule has 0 aromatic carbocycles. The molecule has 0 radical (unpaired) electrons. The summed E-state index contributed by atoms with van der Waals surface area (Å²) >= 11 is 1.09. The van der Waals surface area contributed by atoms with Crippen molar-refractivity contribution in [2.24, 2.45) is 0 Å². The number of nitrogens with one attached hydrogen (secondary N) is 1. The van der Waals surface area contributed by atoms with Crippen molar-refractivity contribution in [1.29, 1.82) is 0 Å². The zero-order valence-corrected chi connectivity index (χ0v) is 7.31. The van der Waals surface area contributed by atoms with Crippen LogP contribution in [-0.4, -0.2) is 15.2 Å². The van der Waals surface area contributed by atoms with Crippen molar-refractivity contribution in [1.82, 2.24) is 15.2 Å². The fraction of sp³-hybridized carbons (Fsp3) is 0.286. The maximum absolute atomic E-state index is 10.9. The van der Waals surface area contributed by atoms with E-state index in [1.807, 2.05) is 13.0 Å². The zero-order chi connectivity index (χ0) is 8.55. The van der Waals surface area contributed by atoms with Crippen molar-refractivity contribution >= 4 is 21.7 Å². The first kappa shape index (κ1) is 7.42. The molecule has 0 spiro atoms. The van der Waals surface area contributed by atoms with E-state index in [1.165, 1.54) is 0 Å². The van der Waals surface area contributed by atoms with Crippen LogP contribution >= 0.6 is 11.3 Å². The van der Waals surface area contributed by atoms with Crippen molar-refractivity contribution in [3.63, 3.8) is 0 Å². The van der Waals surface area contributed by atoms with Gasteiger partial charge in [-0.2, -0.15) is 5.10 Å². The number of thiazole rings is 1. The topological polar surface area (TPSA) is 58.6 Å². The largest absolute Gasteiger partial charge is 0.311 e. The minimum absolute atomic E-state index is 0.0763. The van der Waals surface area contributed by atoms with E-state index in [2.05, 4.69) is 15.2 Å². The molecule has 4 nitrogen and oxygen atoms in total. The molecule has 2 rings (SSSR count). The summed E-state index contributed by atoms with van der Waals surface area (Å²) in [4.78, 5) is 14.2. The first-order valence-corrected chi connectivity index (χ1v) is 4.46. The quantitative estimate of drug-likeness (QED) is 0.712. The van der Waals surface area contributed by atoms with Gasteiger partial charge in [0.15, 0.2) is 4.83 Å². The van der Waals surface area contributed by atoms with E-state index in [9.17, 15) is 4.79 Å². The molecule has 5 heteroatoms. The number of aryl methyl sites for hydroxylation is 1. The van der Waals surface area contributed by atoms with Crippen molar-refractivity contribution in [2.75, 3.05) is 0 Å². The van der Waals surface area contributed by atoms with E-state index in [0.717, 1.165) is 29.0 Å². The van der Waals surface area contributed by atoms with E-state index < -0.39 is 0 Å². The number of fused-ring (bicyclic) bond motifs is 1. The summed E-state index contributed by atoms with van der Waals surface area (Å²) in [5.41, 5.74) is 1.69. The van der Waals surface area contributed by atoms with Crippen molar-refractivity contribution in [2.45, 2.75) is 13.3 Å². The number of hydrogen-bond acceptors (Lipinski definition) is 4. The van der Waals surface area contributed by atoms with E-state index in [-0.39, 0.29) is 4.87 Å². The third kappa shape index (κ3) is 1.12. The van der Waals surface area contributed by atoms with Gasteiger partial charge in [-0.25, -0.2) is 0 Å². The highest BCUT2D eigenvalue weighted by Gasteiger charge is 2.01. The number of hydrogen-bond donors (Lipinski definition) is 1. The minimum atomic E-state index is -0.0763. The van der Waals surface area contributed by atoms with Crippen LogP contribution in [0.3, 0.4) is 0 Å². The monoisotopic (exact) mass is 181 g/mol. The number of aromatic nitrogens is 3. The summed E-state index contributed by atoms with van der Waals surface area (Å²) in [6.07, 6.45) is 0.834. The Morgan fingerprint density at radius 1 is 1.58 bits per heavy atom. The van der Waals surface area contributed by atoms with Gasteiger partial charge in [-0.1, -0.05) is 18.3 Å². The molecule has 0 atom stereocenters. The molecule has 2 aromatic rings. The summed E-state index contributed by atoms with van der Waals surface area (Å²) in [5.74, 6) is 0. The summed E-state index contributed by atoms with van der Waals surface area (Å²) in [6, 6.07) is 1.86. The molecular formula is C7H7N3OS. The predicted octanol–water partition coefficient (Wildman–Crippen LogP) is 0.942. The molecule has 0 aliphatic heterocycles. The molecule has 0 saturated carbocycles. The van der Waals surface area contributed by atoms with Gasteiger partial charge in [0.2, 0.25) is 0 Å². The van der Waals surface area contributed by atoms with Crippen LogP contribution in [0.4, 0.5) is 0 Å². The molecule has 0 saturated heterocycles. The average Bonchev–Trinajstić information content (AvgIpc) is 2.43. The lowest BCUT2D eigenvalue weighted by Gasteiger charge is -1.91. The first-order valence-electron chi connectivity index (χ1n) is 3.65. The molecule has 2 heterocycles. The summed E-state index contributed by atoms with van der Waals surface area (Å²) in [6.45, 7) is 2.00. The fourth-order valence-electron chi connectivity index (χ4n) is 0.982. The van der Waals surface area contributed by atoms with Gasteiger partial charge in [-0.15, -0.1) is 5.10 Å². The first-order chi connectivity index (χ1) is 5.79. The molecule has 0 unspecified atom stereocenters. The second kappa shape index (κ2) is 2.67. The Morgan fingerprint density at radius 3 is 3.17 bits per heavy atom. The lowest BCUT2D eigenvalue weighted by Crippen LogP contribution is -1.91. The van der Waals surface area contributed by atoms with Gasteiger partial charge in [0.05, 0.1) is 11.2 Å². The highest BCUT2D eigenvalue weighted by atomic mass is 32.1. The van der Waals surface area contributed by atoms with Crippen LogP contribution in [-0.2, 0) is 6.42 Å². The lowest BCUT2D eigenvalue weighted by atomic mass is 10.3. The molecular weight excluding hydrogens is 174 g/mol. The molecule has 2 aromatic heterocycles. The van der Waals surface area contributed by atoms with Crippen LogP contribution in [0.2, 0.25) is 0 Å². The molecule has 0 aliphatic rings. The Hall–Kier alpha value is -1.23. The van der Waals surface area contributed by atoms with Crippen LogP contribution in [0.15, 0.2) is 10.9 Å². The van der Waals surface area contributed by atoms with Gasteiger partial charge in [0.25, 0.3) is 0 Å². The van der Waals surface area contributed by atoms with Gasteiger partial charge in [-0.3, -0.25) is 4.79 Å². The molecule has 12 heavy (non-hydrogen) atoms. The summed E-state index contributed by atoms with van der Waals surface area (Å²) < 4.78 is 0. The second-order valence-electron chi connectivity index (χ2n) is 2.42. The molecule has 62 valence electrons. The van der Waals surface area contributed by atoms with Crippen LogP contribution in [0.1, 0.15) is 12.6 Å². The summed E-state index contributed by atoms with van der Waals surface area (Å²) in [7, 11) is 0. The Balaban J connectivity index is 2.74. The van der Waals surface area contributed by atoms with Crippen LogP contribution in [0, 0.1) is 0 Å². The third-order valence-electron chi connectivity index (χ3n) is 1.60. The highest BCUT2D eigenvalue weighted by Crippen LogP contribution is 2.10. The highest BCUT2D eigenvalue weighted by molar-refractivity contribution is 7.15. The summed E-state index contributed by atoms with van der Waals surface area (Å²) in [5, 5.41) is 7.85. The van der Waals surface area contributed by atoms with E-state index in [0.29, 0.717) is 4.83 Å². The van der Waals surface area contributed by atoms with Gasteiger partial charge < -0.3 is 4.98 Å². The SMILES string of the molecule is CCc1cc2[nH]c(=O)sc2nn1. The van der Waals surface area contributed by atoms with Gasteiger partial charge in [0.1, 0.15) is 0 Å². The van der Waals surface area contributed by atoms with Crippen molar-refractivity contribution < 1.29 is 0 Å². The zero-order valence-electron chi connectivity index (χ0n) is 6.50. The average molecular weight is 181 g/mol. The van der Waals surface area contributed by atoms with E-state index >= 15 is 0 Å². The standard InChI is InChI=1S/C7H7N3OS/c1-2-4-3-5-6(10-9-4)12-7(11)8-5/h3H,2H2,1H3,(H,8,11). The minimum Gasteiger partial charge on any atom is -0.311 e. The molecule has 1 N–H and O–H groups in total. The smallest absolute Gasteiger partial charge is 0.307 e. The fourth-order valence-corrected chi connectivity index (χ4v) is 1.62. The Bertz CT molecular complexity index is 459. The van der Waals surface area contributed by atoms with Crippen LogP contribution in [0.5, 0.6) is 0 Å². The normalized spacial score (nSPS) is 10.8. The Labute approximate surface area is 72.3 Å².